The number of pyridine rings is 1. The molecule has 0 amide bonds. The highest BCUT2D eigenvalue weighted by atomic mass is 35.5. The second-order valence-corrected chi connectivity index (χ2v) is 6.24. The minimum absolute atomic E-state index is 0.140. The van der Waals surface area contributed by atoms with Crippen molar-refractivity contribution in [1.82, 2.24) is 19.7 Å². The molecule has 0 bridgehead atoms. The SMILES string of the molecule is C=CCn1c(Sc2ncc(Cl)cc2[N+](=O)[O-])nnc1C1CC1. The number of rotatable bonds is 6. The number of nitrogens with zero attached hydrogens (tertiary/aromatic N) is 5. The molecule has 0 unspecified atom stereocenters. The van der Waals surface area contributed by atoms with Crippen LogP contribution in [0.15, 0.2) is 35.1 Å². The molecule has 114 valence electrons. The van der Waals surface area contributed by atoms with Crippen molar-refractivity contribution >= 4 is 29.1 Å². The lowest BCUT2D eigenvalue weighted by atomic mass is 10.4. The molecule has 22 heavy (non-hydrogen) atoms. The average Bonchev–Trinajstić information content (AvgIpc) is 3.25. The van der Waals surface area contributed by atoms with E-state index in [1.807, 2.05) is 4.57 Å². The topological polar surface area (TPSA) is 86.7 Å². The minimum atomic E-state index is -0.503. The molecule has 7 nitrogen and oxygen atoms in total. The molecule has 0 aromatic carbocycles. The van der Waals surface area contributed by atoms with Gasteiger partial charge < -0.3 is 4.57 Å². The van der Waals surface area contributed by atoms with Crippen LogP contribution in [0.1, 0.15) is 24.6 Å². The third-order valence-electron chi connectivity index (χ3n) is 3.18. The monoisotopic (exact) mass is 337 g/mol. The van der Waals surface area contributed by atoms with Gasteiger partial charge in [0.1, 0.15) is 5.82 Å². The van der Waals surface area contributed by atoms with Crippen LogP contribution in [0.3, 0.4) is 0 Å². The molecule has 0 N–H and O–H groups in total. The van der Waals surface area contributed by atoms with Crippen LogP contribution in [0.25, 0.3) is 0 Å². The number of nitro groups is 1. The lowest BCUT2D eigenvalue weighted by Gasteiger charge is -2.06. The first-order valence-corrected chi connectivity index (χ1v) is 7.81. The van der Waals surface area contributed by atoms with Crippen LogP contribution >= 0.6 is 23.4 Å². The molecule has 3 rings (SSSR count). The van der Waals surface area contributed by atoms with Crippen molar-refractivity contribution in [3.8, 4) is 0 Å². The Bertz CT molecular complexity index is 744. The van der Waals surface area contributed by atoms with E-state index in [-0.39, 0.29) is 15.7 Å². The van der Waals surface area contributed by atoms with E-state index in [1.165, 1.54) is 12.3 Å². The first-order valence-electron chi connectivity index (χ1n) is 6.62. The van der Waals surface area contributed by atoms with Crippen LogP contribution in [-0.4, -0.2) is 24.7 Å². The van der Waals surface area contributed by atoms with Gasteiger partial charge in [-0.15, -0.1) is 16.8 Å². The number of halogens is 1. The molecule has 2 aromatic heterocycles. The number of allylic oxidation sites excluding steroid dienone is 1. The van der Waals surface area contributed by atoms with Gasteiger partial charge >= 0.3 is 5.69 Å². The van der Waals surface area contributed by atoms with E-state index >= 15 is 0 Å². The Morgan fingerprint density at radius 1 is 1.55 bits per heavy atom. The summed E-state index contributed by atoms with van der Waals surface area (Å²) in [4.78, 5) is 14.7. The standard InChI is InChI=1S/C13H12ClN5O2S/c1-2-5-18-11(8-3-4-8)16-17-13(18)22-12-10(19(20)21)6-9(14)7-15-12/h2,6-8H,1,3-5H2. The van der Waals surface area contributed by atoms with Gasteiger partial charge in [-0.3, -0.25) is 10.1 Å². The van der Waals surface area contributed by atoms with Crippen LogP contribution in [-0.2, 0) is 6.54 Å². The van der Waals surface area contributed by atoms with Crippen molar-refractivity contribution in [2.45, 2.75) is 35.5 Å². The third kappa shape index (κ3) is 2.97. The van der Waals surface area contributed by atoms with E-state index in [4.69, 9.17) is 11.6 Å². The summed E-state index contributed by atoms with van der Waals surface area (Å²) in [6.45, 7) is 4.29. The van der Waals surface area contributed by atoms with Crippen molar-refractivity contribution in [2.75, 3.05) is 0 Å². The summed E-state index contributed by atoms with van der Waals surface area (Å²) in [5.41, 5.74) is -0.140. The summed E-state index contributed by atoms with van der Waals surface area (Å²) in [7, 11) is 0. The number of aromatic nitrogens is 4. The van der Waals surface area contributed by atoms with Gasteiger partial charge in [-0.05, 0) is 24.6 Å². The molecule has 2 aromatic rings. The maximum absolute atomic E-state index is 11.1. The molecule has 0 aliphatic heterocycles. The van der Waals surface area contributed by atoms with E-state index in [2.05, 4.69) is 21.8 Å². The summed E-state index contributed by atoms with van der Waals surface area (Å²) in [6, 6.07) is 1.28. The van der Waals surface area contributed by atoms with Gasteiger partial charge in [-0.1, -0.05) is 17.7 Å². The second kappa shape index (κ2) is 6.05. The summed E-state index contributed by atoms with van der Waals surface area (Å²) < 4.78 is 1.93. The van der Waals surface area contributed by atoms with Crippen molar-refractivity contribution < 1.29 is 4.92 Å². The van der Waals surface area contributed by atoms with Crippen LogP contribution in [0.5, 0.6) is 0 Å². The molecular weight excluding hydrogens is 326 g/mol. The molecule has 0 atom stereocenters. The number of hydrogen-bond donors (Lipinski definition) is 0. The Labute approximate surface area is 135 Å². The Kier molecular flexibility index (Phi) is 4.12. The van der Waals surface area contributed by atoms with Gasteiger partial charge in [0.15, 0.2) is 10.2 Å². The largest absolute Gasteiger partial charge is 0.303 e. The van der Waals surface area contributed by atoms with Gasteiger partial charge in [0.25, 0.3) is 0 Å². The highest BCUT2D eigenvalue weighted by molar-refractivity contribution is 7.99. The van der Waals surface area contributed by atoms with Gasteiger partial charge in [0, 0.05) is 24.7 Å². The predicted octanol–water partition coefficient (Wildman–Crippen LogP) is 3.45. The molecule has 2 heterocycles. The third-order valence-corrected chi connectivity index (χ3v) is 4.38. The first-order chi connectivity index (χ1) is 10.6. The Morgan fingerprint density at radius 2 is 2.32 bits per heavy atom. The summed E-state index contributed by atoms with van der Waals surface area (Å²) in [5.74, 6) is 1.33. The smallest absolute Gasteiger partial charge is 0.302 e. The van der Waals surface area contributed by atoms with Crippen LogP contribution in [0, 0.1) is 10.1 Å². The normalized spacial score (nSPS) is 14.0. The maximum Gasteiger partial charge on any atom is 0.303 e. The second-order valence-electron chi connectivity index (χ2n) is 4.85. The van der Waals surface area contributed by atoms with Crippen molar-refractivity contribution in [2.24, 2.45) is 0 Å². The van der Waals surface area contributed by atoms with Crippen LogP contribution in [0.4, 0.5) is 5.69 Å². The first kappa shape index (κ1) is 15.0. The van der Waals surface area contributed by atoms with Crippen LogP contribution < -0.4 is 0 Å². The summed E-state index contributed by atoms with van der Waals surface area (Å²) in [6.07, 6.45) is 5.33. The van der Waals surface area contributed by atoms with E-state index < -0.39 is 4.92 Å². The maximum atomic E-state index is 11.1. The fraction of sp³-hybridized carbons (Fsp3) is 0.308. The van der Waals surface area contributed by atoms with Gasteiger partial charge in [-0.2, -0.15) is 0 Å². The van der Waals surface area contributed by atoms with E-state index in [0.717, 1.165) is 30.4 Å². The van der Waals surface area contributed by atoms with Crippen molar-refractivity contribution in [3.05, 3.63) is 45.9 Å². The molecule has 1 fully saturated rings. The Hall–Kier alpha value is -1.93. The predicted molar refractivity (Wildman–Crippen MR) is 82.2 cm³/mol. The molecule has 1 aliphatic carbocycles. The zero-order chi connectivity index (χ0) is 15.7. The minimum Gasteiger partial charge on any atom is -0.302 e. The Morgan fingerprint density at radius 3 is 2.95 bits per heavy atom. The van der Waals surface area contributed by atoms with E-state index in [0.29, 0.717) is 17.6 Å². The highest BCUT2D eigenvalue weighted by Crippen LogP contribution is 2.41. The molecule has 0 spiro atoms. The van der Waals surface area contributed by atoms with Gasteiger partial charge in [-0.25, -0.2) is 4.98 Å². The van der Waals surface area contributed by atoms with E-state index in [9.17, 15) is 10.1 Å². The molecule has 9 heteroatoms. The lowest BCUT2D eigenvalue weighted by molar-refractivity contribution is -0.388. The quantitative estimate of drug-likeness (QED) is 0.456. The highest BCUT2D eigenvalue weighted by Gasteiger charge is 2.31. The Balaban J connectivity index is 1.96. The fourth-order valence-electron chi connectivity index (χ4n) is 2.03. The lowest BCUT2D eigenvalue weighted by Crippen LogP contribution is -2.03. The van der Waals surface area contributed by atoms with Crippen LogP contribution in [0.2, 0.25) is 5.02 Å². The summed E-state index contributed by atoms with van der Waals surface area (Å²) in [5, 5.41) is 20.5. The summed E-state index contributed by atoms with van der Waals surface area (Å²) >= 11 is 6.89. The molecule has 1 saturated carbocycles. The molecule has 0 saturated heterocycles. The number of hydrogen-bond acceptors (Lipinski definition) is 6. The zero-order valence-electron chi connectivity index (χ0n) is 11.5. The van der Waals surface area contributed by atoms with Crippen molar-refractivity contribution in [1.29, 1.82) is 0 Å². The average molecular weight is 338 g/mol. The van der Waals surface area contributed by atoms with Gasteiger partial charge in [0.05, 0.1) is 9.95 Å². The zero-order valence-corrected chi connectivity index (χ0v) is 13.0. The molecule has 1 aliphatic rings. The van der Waals surface area contributed by atoms with Gasteiger partial charge in [0.2, 0.25) is 0 Å². The molecule has 0 radical (unpaired) electrons. The van der Waals surface area contributed by atoms with Crippen molar-refractivity contribution in [3.63, 3.8) is 0 Å². The van der Waals surface area contributed by atoms with E-state index in [1.54, 1.807) is 6.08 Å². The molecular formula is C13H12ClN5O2S. The fourth-order valence-corrected chi connectivity index (χ4v) is 3.06.